The monoisotopic (exact) mass is 293 g/mol. The van der Waals surface area contributed by atoms with Crippen molar-refractivity contribution in [3.63, 3.8) is 0 Å². The van der Waals surface area contributed by atoms with Crippen molar-refractivity contribution in [3.05, 3.63) is 0 Å². The Labute approximate surface area is 129 Å². The van der Waals surface area contributed by atoms with Crippen LogP contribution in [0.4, 0.5) is 0 Å². The van der Waals surface area contributed by atoms with E-state index in [-0.39, 0.29) is 6.04 Å². The van der Waals surface area contributed by atoms with Crippen LogP contribution in [0.1, 0.15) is 58.3 Å². The van der Waals surface area contributed by atoms with Crippen LogP contribution in [0.15, 0.2) is 0 Å². The first-order chi connectivity index (χ1) is 10.3. The summed E-state index contributed by atoms with van der Waals surface area (Å²) < 4.78 is 0. The van der Waals surface area contributed by atoms with Crippen LogP contribution in [0, 0.1) is 0 Å². The molecule has 3 fully saturated rings. The fourth-order valence-corrected chi connectivity index (χ4v) is 4.54. The minimum Gasteiger partial charge on any atom is -0.338 e. The third kappa shape index (κ3) is 3.26. The second kappa shape index (κ2) is 7.10. The highest BCUT2D eigenvalue weighted by molar-refractivity contribution is 5.82. The normalized spacial score (nSPS) is 32.5. The number of nitrogens with one attached hydrogen (secondary N) is 1. The Kier molecular flexibility index (Phi) is 5.17. The summed E-state index contributed by atoms with van der Waals surface area (Å²) in [6.45, 7) is 6.59. The Morgan fingerprint density at radius 2 is 1.86 bits per heavy atom. The zero-order chi connectivity index (χ0) is 14.7. The molecule has 0 aliphatic carbocycles. The summed E-state index contributed by atoms with van der Waals surface area (Å²) in [6, 6.07) is 1.31. The van der Waals surface area contributed by atoms with Gasteiger partial charge in [-0.15, -0.1) is 0 Å². The van der Waals surface area contributed by atoms with Crippen molar-refractivity contribution in [2.24, 2.45) is 0 Å². The van der Waals surface area contributed by atoms with Crippen LogP contribution >= 0.6 is 0 Å². The first kappa shape index (κ1) is 15.3. The van der Waals surface area contributed by atoms with Gasteiger partial charge in [0.1, 0.15) is 0 Å². The van der Waals surface area contributed by atoms with E-state index in [9.17, 15) is 4.79 Å². The van der Waals surface area contributed by atoms with E-state index in [0.29, 0.717) is 18.0 Å². The summed E-state index contributed by atoms with van der Waals surface area (Å²) in [5.74, 6) is 0.442. The Morgan fingerprint density at radius 1 is 1.05 bits per heavy atom. The van der Waals surface area contributed by atoms with E-state index >= 15 is 0 Å². The molecule has 21 heavy (non-hydrogen) atoms. The highest BCUT2D eigenvalue weighted by atomic mass is 16.2. The zero-order valence-electron chi connectivity index (χ0n) is 13.5. The number of nitrogens with zero attached hydrogens (tertiary/aromatic N) is 2. The van der Waals surface area contributed by atoms with Crippen LogP contribution in [0.2, 0.25) is 0 Å². The molecule has 1 N–H and O–H groups in total. The van der Waals surface area contributed by atoms with Gasteiger partial charge in [0.2, 0.25) is 5.91 Å². The minimum absolute atomic E-state index is 0.181. The molecule has 0 saturated carbocycles. The van der Waals surface area contributed by atoms with Crippen LogP contribution < -0.4 is 5.32 Å². The molecule has 4 heteroatoms. The summed E-state index contributed by atoms with van der Waals surface area (Å²) >= 11 is 0. The second-order valence-electron chi connectivity index (χ2n) is 6.97. The third-order valence-electron chi connectivity index (χ3n) is 5.74. The van der Waals surface area contributed by atoms with E-state index in [4.69, 9.17) is 0 Å². The van der Waals surface area contributed by atoms with Gasteiger partial charge in [-0.25, -0.2) is 0 Å². The molecule has 3 heterocycles. The van der Waals surface area contributed by atoms with Crippen molar-refractivity contribution in [3.8, 4) is 0 Å². The van der Waals surface area contributed by atoms with E-state index in [1.165, 1.54) is 38.5 Å². The number of carbonyl (C=O) groups is 1. The van der Waals surface area contributed by atoms with Gasteiger partial charge in [0.15, 0.2) is 0 Å². The second-order valence-corrected chi connectivity index (χ2v) is 6.97. The van der Waals surface area contributed by atoms with Crippen molar-refractivity contribution in [1.29, 1.82) is 0 Å². The van der Waals surface area contributed by atoms with Gasteiger partial charge in [0.25, 0.3) is 0 Å². The van der Waals surface area contributed by atoms with Crippen LogP contribution in [-0.4, -0.2) is 60.0 Å². The molecule has 3 aliphatic heterocycles. The molecule has 120 valence electrons. The number of hydrogen-bond acceptors (Lipinski definition) is 3. The minimum atomic E-state index is 0.181. The molecule has 3 rings (SSSR count). The summed E-state index contributed by atoms with van der Waals surface area (Å²) in [5.41, 5.74) is 0. The Hall–Kier alpha value is -0.610. The van der Waals surface area contributed by atoms with E-state index in [1.54, 1.807) is 0 Å². The molecule has 4 nitrogen and oxygen atoms in total. The SMILES string of the molecule is CCC1CCCCN1C(=O)C1CCCN1C1CCNCC1. The number of carbonyl (C=O) groups excluding carboxylic acids is 1. The molecule has 0 radical (unpaired) electrons. The van der Waals surface area contributed by atoms with Gasteiger partial charge >= 0.3 is 0 Å². The highest BCUT2D eigenvalue weighted by Gasteiger charge is 2.39. The standard InChI is InChI=1S/C17H31N3O/c1-2-14-6-3-4-12-20(14)17(21)16-7-5-13-19(16)15-8-10-18-11-9-15/h14-16,18H,2-13H2,1H3. The molecule has 0 aromatic heterocycles. The van der Waals surface area contributed by atoms with E-state index in [0.717, 1.165) is 39.0 Å². The third-order valence-corrected chi connectivity index (χ3v) is 5.74. The van der Waals surface area contributed by atoms with Gasteiger partial charge in [0, 0.05) is 18.6 Å². The fourth-order valence-electron chi connectivity index (χ4n) is 4.54. The first-order valence-electron chi connectivity index (χ1n) is 9.08. The Balaban J connectivity index is 1.67. The number of hydrogen-bond donors (Lipinski definition) is 1. The van der Waals surface area contributed by atoms with Crippen LogP contribution in [0.25, 0.3) is 0 Å². The Morgan fingerprint density at radius 3 is 2.62 bits per heavy atom. The van der Waals surface area contributed by atoms with Crippen LogP contribution in [-0.2, 0) is 4.79 Å². The maximum atomic E-state index is 13.1. The molecule has 0 aromatic carbocycles. The molecule has 2 unspecified atom stereocenters. The summed E-state index contributed by atoms with van der Waals surface area (Å²) in [7, 11) is 0. The van der Waals surface area contributed by atoms with Gasteiger partial charge in [-0.05, 0) is 71.0 Å². The highest BCUT2D eigenvalue weighted by Crippen LogP contribution is 2.28. The molecule has 0 bridgehead atoms. The zero-order valence-corrected chi connectivity index (χ0v) is 13.5. The molecule has 0 aromatic rings. The summed E-state index contributed by atoms with van der Waals surface area (Å²) in [5, 5.41) is 3.44. The lowest BCUT2D eigenvalue weighted by atomic mass is 9.97. The quantitative estimate of drug-likeness (QED) is 0.864. The van der Waals surface area contributed by atoms with Crippen LogP contribution in [0.3, 0.4) is 0 Å². The van der Waals surface area contributed by atoms with Gasteiger partial charge in [-0.1, -0.05) is 6.92 Å². The van der Waals surface area contributed by atoms with Crippen molar-refractivity contribution >= 4 is 5.91 Å². The van der Waals surface area contributed by atoms with Crippen molar-refractivity contribution in [2.75, 3.05) is 26.2 Å². The first-order valence-corrected chi connectivity index (χ1v) is 9.08. The van der Waals surface area contributed by atoms with E-state index in [1.807, 2.05) is 0 Å². The molecular weight excluding hydrogens is 262 g/mol. The van der Waals surface area contributed by atoms with Crippen molar-refractivity contribution in [2.45, 2.75) is 76.4 Å². The average molecular weight is 293 g/mol. The number of piperidine rings is 2. The number of rotatable bonds is 3. The predicted octanol–water partition coefficient (Wildman–Crippen LogP) is 1.99. The lowest BCUT2D eigenvalue weighted by Gasteiger charge is -2.41. The molecule has 0 spiro atoms. The number of likely N-dealkylation sites (tertiary alicyclic amines) is 2. The predicted molar refractivity (Wildman–Crippen MR) is 85.3 cm³/mol. The van der Waals surface area contributed by atoms with Gasteiger partial charge < -0.3 is 10.2 Å². The van der Waals surface area contributed by atoms with Gasteiger partial charge in [-0.2, -0.15) is 0 Å². The molecular formula is C17H31N3O. The molecule has 3 aliphatic rings. The van der Waals surface area contributed by atoms with E-state index in [2.05, 4.69) is 22.0 Å². The maximum absolute atomic E-state index is 13.1. The number of amides is 1. The lowest BCUT2D eigenvalue weighted by molar-refractivity contribution is -0.140. The lowest BCUT2D eigenvalue weighted by Crippen LogP contribution is -2.54. The van der Waals surface area contributed by atoms with Crippen LogP contribution in [0.5, 0.6) is 0 Å². The van der Waals surface area contributed by atoms with Crippen molar-refractivity contribution in [1.82, 2.24) is 15.1 Å². The average Bonchev–Trinajstić information content (AvgIpc) is 3.04. The Bertz CT molecular complexity index is 354. The summed E-state index contributed by atoms with van der Waals surface area (Å²) in [6.07, 6.45) is 9.52. The van der Waals surface area contributed by atoms with Crippen molar-refractivity contribution < 1.29 is 4.79 Å². The maximum Gasteiger partial charge on any atom is 0.240 e. The largest absolute Gasteiger partial charge is 0.338 e. The molecule has 1 amide bonds. The van der Waals surface area contributed by atoms with E-state index < -0.39 is 0 Å². The molecule has 3 saturated heterocycles. The topological polar surface area (TPSA) is 35.6 Å². The molecule has 2 atom stereocenters. The van der Waals surface area contributed by atoms with Gasteiger partial charge in [0.05, 0.1) is 6.04 Å². The summed E-state index contributed by atoms with van der Waals surface area (Å²) in [4.78, 5) is 17.9. The fraction of sp³-hybridized carbons (Fsp3) is 0.941. The smallest absolute Gasteiger partial charge is 0.240 e. The van der Waals surface area contributed by atoms with Gasteiger partial charge in [-0.3, -0.25) is 9.69 Å².